The van der Waals surface area contributed by atoms with Crippen LogP contribution in [0.15, 0.2) is 121 Å². The summed E-state index contributed by atoms with van der Waals surface area (Å²) in [7, 11) is 1.71. The van der Waals surface area contributed by atoms with Crippen molar-refractivity contribution in [2.45, 2.75) is 76.0 Å². The van der Waals surface area contributed by atoms with Crippen molar-refractivity contribution in [3.8, 4) is 0 Å². The van der Waals surface area contributed by atoms with E-state index in [1.807, 2.05) is 121 Å². The largest absolute Gasteiger partial charge is 0.465 e. The smallest absolute Gasteiger partial charge is 0.325 e. The van der Waals surface area contributed by atoms with Gasteiger partial charge in [-0.3, -0.25) is 9.63 Å². The molecule has 2 heterocycles. The number of carbonyl (C=O) groups excluding carboxylic acids is 1. The van der Waals surface area contributed by atoms with Crippen molar-refractivity contribution in [1.29, 1.82) is 0 Å². The van der Waals surface area contributed by atoms with Gasteiger partial charge in [0.15, 0.2) is 0 Å². The second-order valence-electron chi connectivity index (χ2n) is 12.3. The van der Waals surface area contributed by atoms with Crippen LogP contribution in [0.4, 0.5) is 0 Å². The average molecular weight is 668 g/mol. The van der Waals surface area contributed by atoms with Gasteiger partial charge in [0, 0.05) is 13.5 Å². The van der Waals surface area contributed by atoms with Gasteiger partial charge < -0.3 is 28.4 Å². The Bertz CT molecular complexity index is 1560. The molecule has 0 saturated carbocycles. The van der Waals surface area contributed by atoms with Gasteiger partial charge in [-0.25, -0.2) is 0 Å². The number of carbonyl (C=O) groups is 1. The molecule has 4 aromatic carbocycles. The van der Waals surface area contributed by atoms with Crippen molar-refractivity contribution >= 4 is 5.97 Å². The molecular weight excluding hydrogens is 622 g/mol. The van der Waals surface area contributed by atoms with Crippen molar-refractivity contribution in [2.24, 2.45) is 0 Å². The molecule has 2 aliphatic rings. The lowest BCUT2D eigenvalue weighted by atomic mass is 9.88. The number of hydrogen-bond acceptors (Lipinski definition) is 9. The quantitative estimate of drug-likeness (QED) is 0.137. The highest BCUT2D eigenvalue weighted by Crippen LogP contribution is 2.45. The molecule has 0 N–H and O–H groups in total. The van der Waals surface area contributed by atoms with E-state index in [9.17, 15) is 4.79 Å². The van der Waals surface area contributed by atoms with Crippen molar-refractivity contribution in [3.05, 3.63) is 144 Å². The Kier molecular flexibility index (Phi) is 12.2. The van der Waals surface area contributed by atoms with Gasteiger partial charge >= 0.3 is 5.97 Å². The molecule has 2 saturated heterocycles. The van der Waals surface area contributed by atoms with Gasteiger partial charge in [0.2, 0.25) is 5.79 Å². The van der Waals surface area contributed by atoms with Crippen LogP contribution in [0.1, 0.15) is 35.6 Å². The van der Waals surface area contributed by atoms with Crippen LogP contribution >= 0.6 is 0 Å². The van der Waals surface area contributed by atoms with Crippen LogP contribution in [0.2, 0.25) is 0 Å². The number of hydrogen-bond donors (Lipinski definition) is 0. The van der Waals surface area contributed by atoms with Crippen LogP contribution in [0.5, 0.6) is 0 Å². The van der Waals surface area contributed by atoms with Crippen molar-refractivity contribution in [3.63, 3.8) is 0 Å². The molecule has 4 aromatic rings. The summed E-state index contributed by atoms with van der Waals surface area (Å²) in [5.41, 5.74) is 4.02. The summed E-state index contributed by atoms with van der Waals surface area (Å²) in [5, 5.41) is 1.51. The summed E-state index contributed by atoms with van der Waals surface area (Å²) in [4.78, 5) is 19.7. The fourth-order valence-corrected chi connectivity index (χ4v) is 6.37. The summed E-state index contributed by atoms with van der Waals surface area (Å²) < 4.78 is 39.0. The molecule has 258 valence electrons. The highest BCUT2D eigenvalue weighted by atomic mass is 16.8. The first-order valence-electron chi connectivity index (χ1n) is 16.9. The van der Waals surface area contributed by atoms with Crippen LogP contribution in [0.3, 0.4) is 0 Å². The van der Waals surface area contributed by atoms with Gasteiger partial charge in [0.1, 0.15) is 30.5 Å². The van der Waals surface area contributed by atoms with E-state index in [-0.39, 0.29) is 26.2 Å². The van der Waals surface area contributed by atoms with E-state index >= 15 is 0 Å². The van der Waals surface area contributed by atoms with Crippen molar-refractivity contribution < 1.29 is 38.1 Å². The topological polar surface area (TPSA) is 84.9 Å². The predicted molar refractivity (Wildman–Crippen MR) is 183 cm³/mol. The Labute approximate surface area is 288 Å². The standard InChI is InChI=1S/C40H45NO8/c1-3-44-39(42)34-24-40(49-41(34)2)38(47-28-33-22-14-7-15-23-33)37(46-27-32-20-12-6-13-21-32)36(45-26-31-18-10-5-11-19-31)35(48-40)29-43-25-30-16-8-4-9-17-30/h4-23,34-38H,3,24-29H2,1-2H3/t34-,35?,36-,37+,38+,40-/m1/s1. The van der Waals surface area contributed by atoms with E-state index in [1.165, 1.54) is 5.06 Å². The van der Waals surface area contributed by atoms with E-state index in [4.69, 9.17) is 33.3 Å². The van der Waals surface area contributed by atoms with Crippen LogP contribution in [-0.4, -0.2) is 67.5 Å². The number of ether oxygens (including phenoxy) is 6. The molecule has 0 aromatic heterocycles. The van der Waals surface area contributed by atoms with Gasteiger partial charge in [-0.15, -0.1) is 0 Å². The Hall–Kier alpha value is -3.93. The van der Waals surface area contributed by atoms with E-state index in [1.54, 1.807) is 14.0 Å². The van der Waals surface area contributed by atoms with Crippen LogP contribution < -0.4 is 0 Å². The molecule has 2 aliphatic heterocycles. The van der Waals surface area contributed by atoms with E-state index in [0.717, 1.165) is 22.3 Å². The zero-order chi connectivity index (χ0) is 33.9. The molecule has 6 rings (SSSR count). The monoisotopic (exact) mass is 667 g/mol. The van der Waals surface area contributed by atoms with Crippen LogP contribution in [0.25, 0.3) is 0 Å². The second kappa shape index (κ2) is 17.1. The first-order chi connectivity index (χ1) is 24.0. The minimum absolute atomic E-state index is 0.160. The molecule has 0 radical (unpaired) electrons. The van der Waals surface area contributed by atoms with E-state index in [2.05, 4.69) is 0 Å². The van der Waals surface area contributed by atoms with Crippen molar-refractivity contribution in [2.75, 3.05) is 20.3 Å². The van der Waals surface area contributed by atoms with E-state index < -0.39 is 42.2 Å². The van der Waals surface area contributed by atoms with Gasteiger partial charge in [-0.2, -0.15) is 5.06 Å². The summed E-state index contributed by atoms with van der Waals surface area (Å²) in [6, 6.07) is 39.1. The fourth-order valence-electron chi connectivity index (χ4n) is 6.37. The highest BCUT2D eigenvalue weighted by Gasteiger charge is 2.63. The third-order valence-corrected chi connectivity index (χ3v) is 8.78. The SMILES string of the molecule is CCOC(=O)[C@H]1C[C@@]2(OC(COCc3ccccc3)[C@@H](OCc3ccccc3)[C@H](OCc3ccccc3)[C@@H]2OCc2ccccc2)ON1C. The molecule has 1 spiro atoms. The molecular formula is C40H45NO8. The first-order valence-corrected chi connectivity index (χ1v) is 16.9. The lowest BCUT2D eigenvalue weighted by molar-refractivity contribution is -0.404. The molecule has 9 heteroatoms. The summed E-state index contributed by atoms with van der Waals surface area (Å²) >= 11 is 0. The Morgan fingerprint density at radius 1 is 0.694 bits per heavy atom. The molecule has 9 nitrogen and oxygen atoms in total. The number of esters is 1. The maximum atomic E-state index is 13.2. The lowest BCUT2D eigenvalue weighted by Crippen LogP contribution is -2.67. The summed E-state index contributed by atoms with van der Waals surface area (Å²) in [5.74, 6) is -1.80. The van der Waals surface area contributed by atoms with Crippen LogP contribution in [0, 0.1) is 0 Å². The lowest BCUT2D eigenvalue weighted by Gasteiger charge is -2.50. The Morgan fingerprint density at radius 3 is 1.67 bits per heavy atom. The Balaban J connectivity index is 1.36. The Morgan fingerprint density at radius 2 is 1.16 bits per heavy atom. The summed E-state index contributed by atoms with van der Waals surface area (Å²) in [6.07, 6.45) is -2.58. The molecule has 6 atom stereocenters. The number of likely N-dealkylation sites (N-methyl/N-ethyl adjacent to an activating group) is 1. The molecule has 0 amide bonds. The molecule has 0 bridgehead atoms. The number of benzene rings is 4. The van der Waals surface area contributed by atoms with Gasteiger partial charge in [-0.1, -0.05) is 121 Å². The zero-order valence-electron chi connectivity index (χ0n) is 28.1. The first kappa shape index (κ1) is 34.9. The highest BCUT2D eigenvalue weighted by molar-refractivity contribution is 5.76. The third kappa shape index (κ3) is 9.00. The van der Waals surface area contributed by atoms with Gasteiger partial charge in [-0.05, 0) is 29.2 Å². The molecule has 49 heavy (non-hydrogen) atoms. The molecule has 0 aliphatic carbocycles. The van der Waals surface area contributed by atoms with Gasteiger partial charge in [0.25, 0.3) is 0 Å². The minimum atomic E-state index is -1.41. The maximum absolute atomic E-state index is 13.2. The number of hydroxylamine groups is 2. The minimum Gasteiger partial charge on any atom is -0.465 e. The number of nitrogens with zero attached hydrogens (tertiary/aromatic N) is 1. The van der Waals surface area contributed by atoms with Crippen molar-refractivity contribution in [1.82, 2.24) is 5.06 Å². The fraction of sp³-hybridized carbons (Fsp3) is 0.375. The van der Waals surface area contributed by atoms with Gasteiger partial charge in [0.05, 0.1) is 39.6 Å². The molecule has 1 unspecified atom stereocenters. The normalized spacial score (nSPS) is 25.4. The summed E-state index contributed by atoms with van der Waals surface area (Å²) in [6.45, 7) is 3.48. The maximum Gasteiger partial charge on any atom is 0.325 e. The third-order valence-electron chi connectivity index (χ3n) is 8.78. The molecule has 2 fully saturated rings. The average Bonchev–Trinajstić information content (AvgIpc) is 3.47. The number of rotatable bonds is 15. The zero-order valence-corrected chi connectivity index (χ0v) is 28.1. The van der Waals surface area contributed by atoms with E-state index in [0.29, 0.717) is 19.8 Å². The predicted octanol–water partition coefficient (Wildman–Crippen LogP) is 6.25. The second-order valence-corrected chi connectivity index (χ2v) is 12.3. The van der Waals surface area contributed by atoms with Crippen LogP contribution in [-0.2, 0) is 64.5 Å².